The Balaban J connectivity index is 1.89. The quantitative estimate of drug-likeness (QED) is 0.801. The molecule has 2 aromatic rings. The van der Waals surface area contributed by atoms with Crippen molar-refractivity contribution >= 4 is 33.2 Å². The van der Waals surface area contributed by atoms with E-state index >= 15 is 0 Å². The SMILES string of the molecule is CCc1ccccc1N1CCN(S(=O)(=O)c2ccc(Cl)cc2)[C@H](C)C1=O. The number of para-hydroxylation sites is 1. The zero-order valence-electron chi connectivity index (χ0n) is 14.7. The van der Waals surface area contributed by atoms with E-state index in [1.807, 2.05) is 31.2 Å². The lowest BCUT2D eigenvalue weighted by atomic mass is 10.1. The summed E-state index contributed by atoms with van der Waals surface area (Å²) in [5, 5.41) is 0.467. The van der Waals surface area contributed by atoms with Gasteiger partial charge in [0.15, 0.2) is 0 Å². The van der Waals surface area contributed by atoms with Crippen LogP contribution in [-0.2, 0) is 21.2 Å². The Morgan fingerprint density at radius 1 is 1.08 bits per heavy atom. The number of hydrogen-bond donors (Lipinski definition) is 0. The first kappa shape index (κ1) is 18.9. The van der Waals surface area contributed by atoms with Gasteiger partial charge < -0.3 is 4.90 Å². The molecule has 0 spiro atoms. The zero-order chi connectivity index (χ0) is 18.9. The van der Waals surface area contributed by atoms with Crippen LogP contribution in [0.3, 0.4) is 0 Å². The maximum absolute atomic E-state index is 12.9. The molecule has 1 heterocycles. The molecule has 7 heteroatoms. The van der Waals surface area contributed by atoms with Crippen molar-refractivity contribution in [2.75, 3.05) is 18.0 Å². The molecule has 2 aromatic carbocycles. The standard InChI is InChI=1S/C19H21ClN2O3S/c1-3-15-6-4-5-7-18(15)21-12-13-22(14(2)19(21)23)26(24,25)17-10-8-16(20)9-11-17/h4-11,14H,3,12-13H2,1-2H3/t14-/m1/s1. The average Bonchev–Trinajstić information content (AvgIpc) is 2.64. The van der Waals surface area contributed by atoms with Gasteiger partial charge in [-0.1, -0.05) is 36.7 Å². The minimum atomic E-state index is -3.76. The molecular weight excluding hydrogens is 372 g/mol. The van der Waals surface area contributed by atoms with E-state index in [1.54, 1.807) is 11.8 Å². The molecule has 1 fully saturated rings. The Labute approximate surface area is 159 Å². The number of rotatable bonds is 4. The number of amides is 1. The molecule has 0 unspecified atom stereocenters. The summed E-state index contributed by atoms with van der Waals surface area (Å²) in [6.45, 7) is 4.24. The van der Waals surface area contributed by atoms with Crippen molar-refractivity contribution in [3.8, 4) is 0 Å². The summed E-state index contributed by atoms with van der Waals surface area (Å²) in [7, 11) is -3.76. The predicted octanol–water partition coefficient (Wildman–Crippen LogP) is 3.33. The Morgan fingerprint density at radius 2 is 1.73 bits per heavy atom. The fraction of sp³-hybridized carbons (Fsp3) is 0.316. The van der Waals surface area contributed by atoms with Gasteiger partial charge in [-0.3, -0.25) is 4.79 Å². The molecule has 0 aromatic heterocycles. The Morgan fingerprint density at radius 3 is 2.38 bits per heavy atom. The second-order valence-corrected chi connectivity index (χ2v) is 8.54. The topological polar surface area (TPSA) is 57.7 Å². The number of benzene rings is 2. The number of anilines is 1. The number of carbonyl (C=O) groups excluding carboxylic acids is 1. The van der Waals surface area contributed by atoms with E-state index in [2.05, 4.69) is 0 Å². The predicted molar refractivity (Wildman–Crippen MR) is 103 cm³/mol. The molecule has 0 saturated carbocycles. The summed E-state index contributed by atoms with van der Waals surface area (Å²) >= 11 is 5.85. The van der Waals surface area contributed by atoms with E-state index in [0.717, 1.165) is 17.7 Å². The number of carbonyl (C=O) groups is 1. The molecule has 0 N–H and O–H groups in total. The largest absolute Gasteiger partial charge is 0.309 e. The van der Waals surface area contributed by atoms with Crippen molar-refractivity contribution < 1.29 is 13.2 Å². The molecule has 5 nitrogen and oxygen atoms in total. The van der Waals surface area contributed by atoms with Crippen LogP contribution in [0.25, 0.3) is 0 Å². The molecule has 1 amide bonds. The molecule has 1 atom stereocenters. The van der Waals surface area contributed by atoms with Gasteiger partial charge in [0.25, 0.3) is 0 Å². The first-order valence-corrected chi connectivity index (χ1v) is 10.3. The third kappa shape index (κ3) is 3.37. The summed E-state index contributed by atoms with van der Waals surface area (Å²) in [6.07, 6.45) is 0.807. The van der Waals surface area contributed by atoms with E-state index in [1.165, 1.54) is 28.6 Å². The van der Waals surface area contributed by atoms with Gasteiger partial charge in [-0.15, -0.1) is 0 Å². The molecule has 1 aliphatic heterocycles. The van der Waals surface area contributed by atoms with Crippen molar-refractivity contribution in [3.63, 3.8) is 0 Å². The minimum absolute atomic E-state index is 0.143. The van der Waals surface area contributed by atoms with Gasteiger partial charge in [0, 0.05) is 23.8 Å². The maximum Gasteiger partial charge on any atom is 0.245 e. The monoisotopic (exact) mass is 392 g/mol. The average molecular weight is 393 g/mol. The lowest BCUT2D eigenvalue weighted by molar-refractivity contribution is -0.123. The van der Waals surface area contributed by atoms with Crippen molar-refractivity contribution in [2.24, 2.45) is 0 Å². The normalized spacial score (nSPS) is 19.0. The minimum Gasteiger partial charge on any atom is -0.309 e. The summed E-state index contributed by atoms with van der Waals surface area (Å²) < 4.78 is 27.1. The highest BCUT2D eigenvalue weighted by Gasteiger charge is 2.39. The molecule has 0 aliphatic carbocycles. The molecule has 3 rings (SSSR count). The van der Waals surface area contributed by atoms with Crippen molar-refractivity contribution in [2.45, 2.75) is 31.2 Å². The fourth-order valence-corrected chi connectivity index (χ4v) is 4.94. The Kier molecular flexibility index (Phi) is 5.37. The van der Waals surface area contributed by atoms with Gasteiger partial charge in [0.05, 0.1) is 4.90 Å². The Hall–Kier alpha value is -1.89. The van der Waals surface area contributed by atoms with Gasteiger partial charge >= 0.3 is 0 Å². The number of piperazine rings is 1. The van der Waals surface area contributed by atoms with Crippen molar-refractivity contribution in [3.05, 3.63) is 59.1 Å². The number of hydrogen-bond acceptors (Lipinski definition) is 3. The van der Waals surface area contributed by atoms with Crippen LogP contribution < -0.4 is 4.90 Å². The molecule has 26 heavy (non-hydrogen) atoms. The van der Waals surface area contributed by atoms with E-state index in [0.29, 0.717) is 11.6 Å². The van der Waals surface area contributed by atoms with E-state index in [9.17, 15) is 13.2 Å². The van der Waals surface area contributed by atoms with Gasteiger partial charge in [0.1, 0.15) is 6.04 Å². The second-order valence-electron chi connectivity index (χ2n) is 6.22. The number of halogens is 1. The number of sulfonamides is 1. The van der Waals surface area contributed by atoms with Gasteiger partial charge in [-0.25, -0.2) is 8.42 Å². The van der Waals surface area contributed by atoms with Crippen LogP contribution in [0, 0.1) is 0 Å². The van der Waals surface area contributed by atoms with Crippen LogP contribution in [0.5, 0.6) is 0 Å². The lowest BCUT2D eigenvalue weighted by Gasteiger charge is -2.38. The molecule has 0 radical (unpaired) electrons. The van der Waals surface area contributed by atoms with Crippen molar-refractivity contribution in [1.82, 2.24) is 4.31 Å². The van der Waals surface area contributed by atoms with Crippen LogP contribution >= 0.6 is 11.6 Å². The number of nitrogens with zero attached hydrogens (tertiary/aromatic N) is 2. The van der Waals surface area contributed by atoms with Crippen molar-refractivity contribution in [1.29, 1.82) is 0 Å². The van der Waals surface area contributed by atoms with E-state index < -0.39 is 16.1 Å². The summed E-state index contributed by atoms with van der Waals surface area (Å²) in [5.41, 5.74) is 1.93. The third-order valence-electron chi connectivity index (χ3n) is 4.68. The second kappa shape index (κ2) is 7.39. The molecule has 1 saturated heterocycles. The molecular formula is C19H21ClN2O3S. The van der Waals surface area contributed by atoms with Gasteiger partial charge in [-0.05, 0) is 49.2 Å². The highest BCUT2D eigenvalue weighted by atomic mass is 35.5. The van der Waals surface area contributed by atoms with Crippen LogP contribution in [0.2, 0.25) is 5.02 Å². The summed E-state index contributed by atoms with van der Waals surface area (Å²) in [5.74, 6) is -0.213. The zero-order valence-corrected chi connectivity index (χ0v) is 16.3. The van der Waals surface area contributed by atoms with Crippen LogP contribution in [-0.4, -0.2) is 37.8 Å². The number of aryl methyl sites for hydroxylation is 1. The molecule has 0 bridgehead atoms. The van der Waals surface area contributed by atoms with Crippen LogP contribution in [0.15, 0.2) is 53.4 Å². The van der Waals surface area contributed by atoms with Crippen LogP contribution in [0.4, 0.5) is 5.69 Å². The lowest BCUT2D eigenvalue weighted by Crippen LogP contribution is -2.57. The summed E-state index contributed by atoms with van der Waals surface area (Å²) in [4.78, 5) is 14.8. The highest BCUT2D eigenvalue weighted by molar-refractivity contribution is 7.89. The third-order valence-corrected chi connectivity index (χ3v) is 6.92. The molecule has 1 aliphatic rings. The van der Waals surface area contributed by atoms with Gasteiger partial charge in [0.2, 0.25) is 15.9 Å². The van der Waals surface area contributed by atoms with Crippen LogP contribution in [0.1, 0.15) is 19.4 Å². The fourth-order valence-electron chi connectivity index (χ4n) is 3.23. The first-order chi connectivity index (χ1) is 12.4. The van der Waals surface area contributed by atoms with E-state index in [4.69, 9.17) is 11.6 Å². The summed E-state index contributed by atoms with van der Waals surface area (Å²) in [6, 6.07) is 13.0. The molecule has 138 valence electrons. The maximum atomic E-state index is 12.9. The van der Waals surface area contributed by atoms with Gasteiger partial charge in [-0.2, -0.15) is 4.31 Å². The Bertz CT molecular complexity index is 913. The van der Waals surface area contributed by atoms with E-state index in [-0.39, 0.29) is 17.3 Å². The smallest absolute Gasteiger partial charge is 0.245 e. The first-order valence-electron chi connectivity index (χ1n) is 8.53. The highest BCUT2D eigenvalue weighted by Crippen LogP contribution is 2.28.